The van der Waals surface area contributed by atoms with Crippen LogP contribution < -0.4 is 5.32 Å². The van der Waals surface area contributed by atoms with E-state index in [0.29, 0.717) is 0 Å². The van der Waals surface area contributed by atoms with E-state index >= 15 is 0 Å². The largest absolute Gasteiger partial charge is 0.507 e. The van der Waals surface area contributed by atoms with Gasteiger partial charge < -0.3 is 20.3 Å². The number of amides is 1. The van der Waals surface area contributed by atoms with Crippen LogP contribution in [0.3, 0.4) is 0 Å². The molecular weight excluding hydrogens is 300 g/mol. The molecule has 0 unspecified atom stereocenters. The topological polar surface area (TPSA) is 95.9 Å². The second-order valence-electron chi connectivity index (χ2n) is 4.00. The Morgan fingerprint density at radius 1 is 1.45 bits per heavy atom. The normalized spacial score (nSPS) is 20.3. The fourth-order valence-corrected chi connectivity index (χ4v) is 1.74. The Kier molecular flexibility index (Phi) is 4.39. The van der Waals surface area contributed by atoms with Gasteiger partial charge in [0.2, 0.25) is 0 Å². The number of rotatable bonds is 2. The summed E-state index contributed by atoms with van der Waals surface area (Å²) in [7, 11) is 0. The quantitative estimate of drug-likeness (QED) is 0.775. The molecule has 0 radical (unpaired) electrons. The van der Waals surface area contributed by atoms with Gasteiger partial charge in [-0.15, -0.1) is 12.4 Å². The molecule has 0 aromatic heterocycles. The lowest BCUT2D eigenvalue weighted by Gasteiger charge is -2.31. The Hall–Kier alpha value is -2.09. The van der Waals surface area contributed by atoms with Crippen LogP contribution in [-0.4, -0.2) is 34.8 Å². The average Bonchev–Trinajstić information content (AvgIpc) is 2.33. The van der Waals surface area contributed by atoms with Gasteiger partial charge in [-0.05, 0) is 17.7 Å². The van der Waals surface area contributed by atoms with Crippen molar-refractivity contribution in [1.29, 1.82) is 0 Å². The first-order valence-electron chi connectivity index (χ1n) is 5.18. The summed E-state index contributed by atoms with van der Waals surface area (Å²) >= 11 is 0. The maximum absolute atomic E-state index is 13.6. The zero-order valence-electron chi connectivity index (χ0n) is 9.80. The van der Waals surface area contributed by atoms with Crippen molar-refractivity contribution in [2.75, 3.05) is 6.61 Å². The molecule has 110 valence electrons. The van der Waals surface area contributed by atoms with E-state index in [9.17, 15) is 23.5 Å². The molecule has 0 spiro atoms. The van der Waals surface area contributed by atoms with E-state index in [1.807, 2.05) is 5.32 Å². The predicted octanol–water partition coefficient (Wildman–Crippen LogP) is 1.93. The molecule has 0 bridgehead atoms. The van der Waals surface area contributed by atoms with Crippen molar-refractivity contribution in [2.24, 2.45) is 0 Å². The highest BCUT2D eigenvalue weighted by Crippen LogP contribution is 2.35. The predicted molar refractivity (Wildman–Crippen MR) is 64.5 cm³/mol. The highest BCUT2D eigenvalue weighted by molar-refractivity contribution is 5.91. The summed E-state index contributed by atoms with van der Waals surface area (Å²) in [5, 5.41) is 20.0. The number of halogens is 3. The zero-order valence-corrected chi connectivity index (χ0v) is 10.6. The van der Waals surface area contributed by atoms with Crippen LogP contribution in [0.5, 0.6) is 5.75 Å². The van der Waals surface area contributed by atoms with Crippen molar-refractivity contribution < 1.29 is 33.3 Å². The number of aromatic hydroxyl groups is 1. The molecule has 20 heavy (non-hydrogen) atoms. The second-order valence-corrected chi connectivity index (χ2v) is 4.00. The molecular formula is C11H10ClF2NO5. The van der Waals surface area contributed by atoms with Gasteiger partial charge in [0.25, 0.3) is 0 Å². The highest BCUT2D eigenvalue weighted by Gasteiger charge is 2.47. The molecule has 1 atom stereocenters. The number of hydrogen-bond acceptors (Lipinski definition) is 4. The van der Waals surface area contributed by atoms with E-state index < -0.39 is 41.9 Å². The summed E-state index contributed by atoms with van der Waals surface area (Å²) in [6, 6.07) is 1.29. The van der Waals surface area contributed by atoms with Crippen molar-refractivity contribution in [2.45, 2.75) is 12.0 Å². The number of ether oxygens (including phenoxy) is 1. The van der Waals surface area contributed by atoms with Crippen molar-refractivity contribution in [3.05, 3.63) is 29.3 Å². The molecule has 1 saturated heterocycles. The molecule has 1 fully saturated rings. The molecule has 1 aromatic carbocycles. The third kappa shape index (κ3) is 2.90. The number of alkyl carbamates (subject to hydrolysis) is 1. The van der Waals surface area contributed by atoms with Crippen LogP contribution in [0.15, 0.2) is 18.2 Å². The summed E-state index contributed by atoms with van der Waals surface area (Å²) in [5.41, 5.74) is -0.647. The molecule has 1 aromatic rings. The summed E-state index contributed by atoms with van der Waals surface area (Å²) in [5.74, 6) is -5.38. The summed E-state index contributed by atoms with van der Waals surface area (Å²) in [6.45, 7) is -1.09. The molecule has 3 N–H and O–H groups in total. The van der Waals surface area contributed by atoms with Crippen molar-refractivity contribution in [3.63, 3.8) is 0 Å². The summed E-state index contributed by atoms with van der Waals surface area (Å²) in [4.78, 5) is 21.8. The van der Waals surface area contributed by atoms with Crippen LogP contribution in [0.25, 0.3) is 0 Å². The van der Waals surface area contributed by atoms with Crippen LogP contribution in [0.1, 0.15) is 22.0 Å². The minimum Gasteiger partial charge on any atom is -0.507 e. The summed E-state index contributed by atoms with van der Waals surface area (Å²) in [6.07, 6.45) is -1.01. The third-order valence-electron chi connectivity index (χ3n) is 2.66. The number of benzene rings is 1. The van der Waals surface area contributed by atoms with Crippen LogP contribution in [-0.2, 0) is 4.74 Å². The van der Waals surface area contributed by atoms with Gasteiger partial charge in [0, 0.05) is 0 Å². The number of carboxylic acids is 1. The minimum absolute atomic E-state index is 0. The first-order valence-corrected chi connectivity index (χ1v) is 5.18. The van der Waals surface area contributed by atoms with E-state index in [1.165, 1.54) is 0 Å². The number of carboxylic acid groups (broad SMARTS) is 1. The van der Waals surface area contributed by atoms with Crippen molar-refractivity contribution >= 4 is 24.5 Å². The van der Waals surface area contributed by atoms with Crippen LogP contribution >= 0.6 is 12.4 Å². The molecule has 2 rings (SSSR count). The standard InChI is InChI=1S/C11H9F2NO5.ClH/c12-11(13)4-19-10(18)14-8(11)5-1-2-7(15)6(3-5)9(16)17;/h1-3,8,15H,4H2,(H,14,18)(H,16,17);1H/t8-;/m1./s1. The zero-order chi connectivity index (χ0) is 14.2. The summed E-state index contributed by atoms with van der Waals surface area (Å²) < 4.78 is 31.4. The smallest absolute Gasteiger partial charge is 0.408 e. The Balaban J connectivity index is 0.00000200. The van der Waals surface area contributed by atoms with Gasteiger partial charge in [-0.1, -0.05) is 6.07 Å². The number of phenols is 1. The fraction of sp³-hybridized carbons (Fsp3) is 0.273. The number of nitrogens with one attached hydrogen (secondary N) is 1. The Morgan fingerprint density at radius 2 is 2.10 bits per heavy atom. The molecule has 6 nitrogen and oxygen atoms in total. The van der Waals surface area contributed by atoms with Crippen molar-refractivity contribution in [1.82, 2.24) is 5.32 Å². The van der Waals surface area contributed by atoms with Crippen LogP contribution in [0.4, 0.5) is 13.6 Å². The monoisotopic (exact) mass is 309 g/mol. The van der Waals surface area contributed by atoms with E-state index in [0.717, 1.165) is 18.2 Å². The lowest BCUT2D eigenvalue weighted by Crippen LogP contribution is -2.49. The minimum atomic E-state index is -3.37. The molecule has 1 aliphatic heterocycles. The van der Waals surface area contributed by atoms with Gasteiger partial charge in [-0.3, -0.25) is 0 Å². The van der Waals surface area contributed by atoms with Gasteiger partial charge in [0.1, 0.15) is 17.4 Å². The van der Waals surface area contributed by atoms with E-state index in [-0.39, 0.29) is 18.0 Å². The molecule has 9 heteroatoms. The van der Waals surface area contributed by atoms with Gasteiger partial charge >= 0.3 is 18.0 Å². The molecule has 0 aliphatic carbocycles. The molecule has 1 amide bonds. The van der Waals surface area contributed by atoms with Crippen LogP contribution in [0, 0.1) is 0 Å². The maximum atomic E-state index is 13.6. The second kappa shape index (κ2) is 5.49. The van der Waals surface area contributed by atoms with E-state index in [2.05, 4.69) is 4.74 Å². The van der Waals surface area contributed by atoms with Gasteiger partial charge in [0.05, 0.1) is 0 Å². The lowest BCUT2D eigenvalue weighted by molar-refractivity contribution is -0.104. The van der Waals surface area contributed by atoms with Gasteiger partial charge in [0.15, 0.2) is 6.61 Å². The van der Waals surface area contributed by atoms with Crippen LogP contribution in [0.2, 0.25) is 0 Å². The number of cyclic esters (lactones) is 1. The Bertz CT molecular complexity index is 552. The lowest BCUT2D eigenvalue weighted by atomic mass is 9.97. The highest BCUT2D eigenvalue weighted by atomic mass is 35.5. The molecule has 1 heterocycles. The van der Waals surface area contributed by atoms with E-state index in [1.54, 1.807) is 0 Å². The van der Waals surface area contributed by atoms with E-state index in [4.69, 9.17) is 5.11 Å². The van der Waals surface area contributed by atoms with Crippen molar-refractivity contribution in [3.8, 4) is 5.75 Å². The van der Waals surface area contributed by atoms with Gasteiger partial charge in [-0.25, -0.2) is 18.4 Å². The number of hydrogen-bond donors (Lipinski definition) is 3. The number of carbonyl (C=O) groups excluding carboxylic acids is 1. The Morgan fingerprint density at radius 3 is 2.70 bits per heavy atom. The number of carbonyl (C=O) groups is 2. The fourth-order valence-electron chi connectivity index (χ4n) is 1.74. The molecule has 1 aliphatic rings. The first kappa shape index (κ1) is 16.0. The van der Waals surface area contributed by atoms with Gasteiger partial charge in [-0.2, -0.15) is 0 Å². The number of aromatic carboxylic acids is 1. The average molecular weight is 310 g/mol. The Labute approximate surface area is 117 Å². The maximum Gasteiger partial charge on any atom is 0.408 e. The number of alkyl halides is 2. The third-order valence-corrected chi connectivity index (χ3v) is 2.66. The molecule has 0 saturated carbocycles. The SMILES string of the molecule is Cl.O=C1N[C@H](c2ccc(O)c(C(=O)O)c2)C(F)(F)CO1. The first-order chi connectivity index (χ1) is 8.81.